The highest BCUT2D eigenvalue weighted by atomic mass is 19.1. The van der Waals surface area contributed by atoms with Crippen molar-refractivity contribution in [2.24, 2.45) is 0 Å². The number of nitrogens with zero attached hydrogens (tertiary/aromatic N) is 2. The molecule has 0 bridgehead atoms. The van der Waals surface area contributed by atoms with Gasteiger partial charge in [-0.2, -0.15) is 0 Å². The Morgan fingerprint density at radius 2 is 2.20 bits per heavy atom. The van der Waals surface area contributed by atoms with Crippen LogP contribution in [0.1, 0.15) is 23.9 Å². The number of halogens is 1. The molecular weight excluding hydrogens is 321 g/mol. The van der Waals surface area contributed by atoms with Crippen molar-refractivity contribution in [2.45, 2.75) is 19.4 Å². The number of anilines is 1. The predicted molar refractivity (Wildman–Crippen MR) is 95.0 cm³/mol. The van der Waals surface area contributed by atoms with E-state index in [0.29, 0.717) is 24.7 Å². The van der Waals surface area contributed by atoms with Gasteiger partial charge in [0.25, 0.3) is 0 Å². The number of aromatic nitrogens is 1. The molecule has 1 fully saturated rings. The van der Waals surface area contributed by atoms with Crippen LogP contribution in [0.3, 0.4) is 0 Å². The van der Waals surface area contributed by atoms with E-state index in [9.17, 15) is 4.39 Å². The van der Waals surface area contributed by atoms with Crippen molar-refractivity contribution in [2.75, 3.05) is 38.6 Å². The summed E-state index contributed by atoms with van der Waals surface area (Å²) >= 11 is 0. The fraction of sp³-hybridized carbons (Fsp3) is 0.421. The van der Waals surface area contributed by atoms with Crippen LogP contribution in [0.25, 0.3) is 0 Å². The average molecular weight is 345 g/mol. The Labute approximate surface area is 147 Å². The van der Waals surface area contributed by atoms with E-state index in [0.717, 1.165) is 37.4 Å². The summed E-state index contributed by atoms with van der Waals surface area (Å²) in [6, 6.07) is 10.2. The van der Waals surface area contributed by atoms with Crippen LogP contribution in [-0.2, 0) is 4.74 Å². The van der Waals surface area contributed by atoms with Crippen molar-refractivity contribution >= 4 is 5.69 Å². The van der Waals surface area contributed by atoms with E-state index in [2.05, 4.69) is 9.88 Å². The number of aryl methyl sites for hydroxylation is 1. The molecule has 134 valence electrons. The third-order valence-corrected chi connectivity index (χ3v) is 4.19. The Morgan fingerprint density at radius 1 is 1.36 bits per heavy atom. The van der Waals surface area contributed by atoms with E-state index >= 15 is 0 Å². The van der Waals surface area contributed by atoms with Gasteiger partial charge in [-0.05, 0) is 37.6 Å². The largest absolute Gasteiger partial charge is 0.490 e. The van der Waals surface area contributed by atoms with Crippen molar-refractivity contribution in [1.29, 1.82) is 0 Å². The summed E-state index contributed by atoms with van der Waals surface area (Å²) in [4.78, 5) is 6.86. The highest BCUT2D eigenvalue weighted by molar-refractivity contribution is 5.40. The molecule has 1 aromatic heterocycles. The SMILES string of the molecule is Cc1cc(N)cc([C@@H]2CN(CCCOc3ccccc3F)CCO2)n1. The van der Waals surface area contributed by atoms with Crippen molar-refractivity contribution in [1.82, 2.24) is 9.88 Å². The van der Waals surface area contributed by atoms with E-state index < -0.39 is 0 Å². The Morgan fingerprint density at radius 3 is 3.00 bits per heavy atom. The fourth-order valence-electron chi connectivity index (χ4n) is 3.00. The van der Waals surface area contributed by atoms with Crippen LogP contribution in [-0.4, -0.2) is 42.7 Å². The predicted octanol–water partition coefficient (Wildman–Crippen LogP) is 2.95. The zero-order valence-electron chi connectivity index (χ0n) is 14.5. The maximum absolute atomic E-state index is 13.5. The number of hydrogen-bond acceptors (Lipinski definition) is 5. The monoisotopic (exact) mass is 345 g/mol. The van der Waals surface area contributed by atoms with Gasteiger partial charge in [0.1, 0.15) is 6.10 Å². The van der Waals surface area contributed by atoms with Gasteiger partial charge in [-0.25, -0.2) is 4.39 Å². The number of ether oxygens (including phenoxy) is 2. The summed E-state index contributed by atoms with van der Waals surface area (Å²) < 4.78 is 24.9. The molecule has 1 aliphatic rings. The molecule has 0 amide bonds. The van der Waals surface area contributed by atoms with Crippen LogP contribution in [0.5, 0.6) is 5.75 Å². The molecule has 1 aromatic carbocycles. The van der Waals surface area contributed by atoms with Gasteiger partial charge in [0, 0.05) is 31.0 Å². The van der Waals surface area contributed by atoms with Gasteiger partial charge in [0.05, 0.1) is 18.9 Å². The molecule has 1 atom stereocenters. The minimum Gasteiger partial charge on any atom is -0.490 e. The lowest BCUT2D eigenvalue weighted by Gasteiger charge is -2.32. The molecule has 0 aliphatic carbocycles. The molecule has 6 heteroatoms. The minimum atomic E-state index is -0.322. The number of nitrogens with two attached hydrogens (primary N) is 1. The van der Waals surface area contributed by atoms with Crippen LogP contribution in [0.4, 0.5) is 10.1 Å². The molecule has 3 rings (SSSR count). The topological polar surface area (TPSA) is 60.6 Å². The van der Waals surface area contributed by atoms with Crippen LogP contribution in [0.15, 0.2) is 36.4 Å². The number of nitrogen functional groups attached to an aromatic ring is 1. The van der Waals surface area contributed by atoms with Crippen molar-refractivity contribution in [3.05, 3.63) is 53.6 Å². The smallest absolute Gasteiger partial charge is 0.165 e. The zero-order valence-corrected chi connectivity index (χ0v) is 14.5. The van der Waals surface area contributed by atoms with Gasteiger partial charge in [-0.3, -0.25) is 9.88 Å². The lowest BCUT2D eigenvalue weighted by molar-refractivity contribution is -0.0331. The molecule has 5 nitrogen and oxygen atoms in total. The normalized spacial score (nSPS) is 18.2. The zero-order chi connectivity index (χ0) is 17.6. The van der Waals surface area contributed by atoms with Gasteiger partial charge in [-0.15, -0.1) is 0 Å². The van der Waals surface area contributed by atoms with Crippen molar-refractivity contribution in [3.8, 4) is 5.75 Å². The molecule has 25 heavy (non-hydrogen) atoms. The minimum absolute atomic E-state index is 0.0663. The quantitative estimate of drug-likeness (QED) is 0.816. The summed E-state index contributed by atoms with van der Waals surface area (Å²) in [7, 11) is 0. The standard InChI is InChI=1S/C19H24FN3O2/c1-14-11-15(21)12-17(22-14)19-13-23(8-10-25-19)7-4-9-24-18-6-3-2-5-16(18)20/h2-3,5-6,11-12,19H,4,7-10,13H2,1H3,(H2,21,22)/t19-/m0/s1. The van der Waals surface area contributed by atoms with E-state index in [1.165, 1.54) is 6.07 Å². The van der Waals surface area contributed by atoms with Gasteiger partial charge in [0.15, 0.2) is 11.6 Å². The molecular formula is C19H24FN3O2. The second-order valence-electron chi connectivity index (χ2n) is 6.26. The highest BCUT2D eigenvalue weighted by Crippen LogP contribution is 2.23. The summed E-state index contributed by atoms with van der Waals surface area (Å²) in [5.41, 5.74) is 8.40. The molecule has 2 heterocycles. The molecule has 0 spiro atoms. The fourth-order valence-corrected chi connectivity index (χ4v) is 3.00. The molecule has 0 radical (unpaired) electrons. The lowest BCUT2D eigenvalue weighted by atomic mass is 10.1. The van der Waals surface area contributed by atoms with Crippen LogP contribution in [0.2, 0.25) is 0 Å². The summed E-state index contributed by atoms with van der Waals surface area (Å²) in [5.74, 6) is -0.0150. The van der Waals surface area contributed by atoms with E-state index in [4.69, 9.17) is 15.2 Å². The molecule has 2 N–H and O–H groups in total. The summed E-state index contributed by atoms with van der Waals surface area (Å²) in [6.07, 6.45) is 0.758. The molecule has 0 unspecified atom stereocenters. The summed E-state index contributed by atoms with van der Waals surface area (Å²) in [6.45, 7) is 5.59. The van der Waals surface area contributed by atoms with Gasteiger partial charge in [-0.1, -0.05) is 12.1 Å². The van der Waals surface area contributed by atoms with Crippen molar-refractivity contribution in [3.63, 3.8) is 0 Å². The first-order valence-corrected chi connectivity index (χ1v) is 8.57. The van der Waals surface area contributed by atoms with Crippen LogP contribution < -0.4 is 10.5 Å². The third kappa shape index (κ3) is 4.90. The number of hydrogen-bond donors (Lipinski definition) is 1. The molecule has 1 saturated heterocycles. The van der Waals surface area contributed by atoms with E-state index in [-0.39, 0.29) is 11.9 Å². The van der Waals surface area contributed by atoms with Crippen molar-refractivity contribution < 1.29 is 13.9 Å². The summed E-state index contributed by atoms with van der Waals surface area (Å²) in [5, 5.41) is 0. The second kappa shape index (κ2) is 8.27. The Hall–Kier alpha value is -2.18. The second-order valence-corrected chi connectivity index (χ2v) is 6.26. The maximum Gasteiger partial charge on any atom is 0.165 e. The Bertz CT molecular complexity index is 691. The molecule has 1 aliphatic heterocycles. The maximum atomic E-state index is 13.5. The number of rotatable bonds is 6. The van der Waals surface area contributed by atoms with Gasteiger partial charge >= 0.3 is 0 Å². The first-order valence-electron chi connectivity index (χ1n) is 8.57. The molecule has 2 aromatic rings. The van der Waals surface area contributed by atoms with Crippen LogP contribution in [0, 0.1) is 12.7 Å². The van der Waals surface area contributed by atoms with E-state index in [1.54, 1.807) is 18.2 Å². The number of benzene rings is 1. The molecule has 0 saturated carbocycles. The third-order valence-electron chi connectivity index (χ3n) is 4.19. The Kier molecular flexibility index (Phi) is 5.83. The number of morpholine rings is 1. The van der Waals surface area contributed by atoms with E-state index in [1.807, 2.05) is 19.1 Å². The number of para-hydroxylation sites is 1. The first-order chi connectivity index (χ1) is 12.1. The first kappa shape index (κ1) is 17.6. The average Bonchev–Trinajstić information content (AvgIpc) is 2.59. The van der Waals surface area contributed by atoms with Gasteiger partial charge in [0.2, 0.25) is 0 Å². The lowest BCUT2D eigenvalue weighted by Crippen LogP contribution is -2.39. The van der Waals surface area contributed by atoms with Gasteiger partial charge < -0.3 is 15.2 Å². The Balaban J connectivity index is 1.48. The van der Waals surface area contributed by atoms with Crippen LogP contribution >= 0.6 is 0 Å². The number of pyridine rings is 1. The highest BCUT2D eigenvalue weighted by Gasteiger charge is 2.23.